The number of hydrogen-bond donors (Lipinski definition) is 5. The van der Waals surface area contributed by atoms with Crippen molar-refractivity contribution in [1.82, 2.24) is 20.3 Å². The van der Waals surface area contributed by atoms with Crippen LogP contribution in [0, 0.1) is 11.8 Å². The third-order valence-electron chi connectivity index (χ3n) is 6.56. The fraction of sp³-hybridized carbons (Fsp3) is 0.571. The van der Waals surface area contributed by atoms with Gasteiger partial charge in [-0.25, -0.2) is 0 Å². The van der Waals surface area contributed by atoms with Gasteiger partial charge in [0, 0.05) is 38.3 Å². The van der Waals surface area contributed by atoms with Crippen LogP contribution < -0.4 is 27.0 Å². The monoisotopic (exact) mass is 540 g/mol. The summed E-state index contributed by atoms with van der Waals surface area (Å²) in [6.45, 7) is 10.8. The number of benzene rings is 1. The first-order valence-electron chi connectivity index (χ1n) is 13.9. The molecule has 11 heteroatoms. The van der Waals surface area contributed by atoms with Crippen LogP contribution in [0.1, 0.15) is 48.5 Å². The van der Waals surface area contributed by atoms with Gasteiger partial charge in [0.2, 0.25) is 17.8 Å². The average molecular weight is 541 g/mol. The Hall–Kier alpha value is -3.28. The van der Waals surface area contributed by atoms with Gasteiger partial charge in [0.1, 0.15) is 0 Å². The van der Waals surface area contributed by atoms with Gasteiger partial charge in [0.25, 0.3) is 5.91 Å². The van der Waals surface area contributed by atoms with Gasteiger partial charge in [0.15, 0.2) is 0 Å². The summed E-state index contributed by atoms with van der Waals surface area (Å²) in [4.78, 5) is 26.0. The lowest BCUT2D eigenvalue weighted by Crippen LogP contribution is -2.27. The van der Waals surface area contributed by atoms with E-state index >= 15 is 0 Å². The summed E-state index contributed by atoms with van der Waals surface area (Å²) in [5, 5.41) is 12.7. The van der Waals surface area contributed by atoms with Crippen LogP contribution in [-0.4, -0.2) is 73.5 Å². The zero-order valence-corrected chi connectivity index (χ0v) is 23.1. The number of amides is 1. The van der Waals surface area contributed by atoms with E-state index in [4.69, 9.17) is 15.2 Å². The van der Waals surface area contributed by atoms with E-state index in [-0.39, 0.29) is 5.91 Å². The summed E-state index contributed by atoms with van der Waals surface area (Å²) in [6, 6.07) is 7.43. The van der Waals surface area contributed by atoms with Crippen LogP contribution in [0.25, 0.3) is 0 Å². The van der Waals surface area contributed by atoms with Crippen LogP contribution in [0.2, 0.25) is 0 Å². The topological polar surface area (TPSA) is 148 Å². The van der Waals surface area contributed by atoms with Crippen LogP contribution in [0.5, 0.6) is 0 Å². The number of nitrogens with two attached hydrogens (primary N) is 1. The molecular formula is C28H44N8O3. The van der Waals surface area contributed by atoms with E-state index in [9.17, 15) is 4.79 Å². The molecule has 1 amide bonds. The number of nitrogens with zero attached hydrogens (tertiary/aromatic N) is 3. The normalized spacial score (nSPS) is 16.9. The molecular weight excluding hydrogens is 496 g/mol. The van der Waals surface area contributed by atoms with Gasteiger partial charge < -0.3 is 36.5 Å². The Balaban J connectivity index is 1.46. The summed E-state index contributed by atoms with van der Waals surface area (Å²) in [5.41, 5.74) is 6.95. The Morgan fingerprint density at radius 2 is 1.59 bits per heavy atom. The summed E-state index contributed by atoms with van der Waals surface area (Å²) in [7, 11) is 0. The molecule has 6 N–H and O–H groups in total. The smallest absolute Gasteiger partial charge is 0.251 e. The molecule has 3 rings (SSSR count). The molecule has 1 heterocycles. The van der Waals surface area contributed by atoms with Crippen molar-refractivity contribution in [2.24, 2.45) is 17.6 Å². The number of carbonyl (C=O) groups is 1. The van der Waals surface area contributed by atoms with E-state index in [1.54, 1.807) is 18.2 Å². The molecule has 0 saturated heterocycles. The Morgan fingerprint density at radius 3 is 2.26 bits per heavy atom. The molecule has 214 valence electrons. The van der Waals surface area contributed by atoms with Gasteiger partial charge in [-0.1, -0.05) is 38.0 Å². The molecule has 0 spiro atoms. The van der Waals surface area contributed by atoms with Crippen LogP contribution >= 0.6 is 0 Å². The summed E-state index contributed by atoms with van der Waals surface area (Å²) < 4.78 is 10.7. The van der Waals surface area contributed by atoms with E-state index in [1.165, 1.54) is 25.7 Å². The first-order valence-corrected chi connectivity index (χ1v) is 13.9. The number of carbonyl (C=O) groups excluding carboxylic acids is 1. The van der Waals surface area contributed by atoms with Gasteiger partial charge in [-0.3, -0.25) is 4.79 Å². The molecule has 0 bridgehead atoms. The molecule has 1 aromatic heterocycles. The number of aromatic nitrogens is 3. The van der Waals surface area contributed by atoms with Crippen molar-refractivity contribution < 1.29 is 14.3 Å². The van der Waals surface area contributed by atoms with E-state index in [1.807, 2.05) is 12.1 Å². The van der Waals surface area contributed by atoms with Crippen molar-refractivity contribution in [2.75, 3.05) is 68.6 Å². The third kappa shape index (κ3) is 11.6. The Bertz CT molecular complexity index is 997. The largest absolute Gasteiger partial charge is 0.378 e. The second-order valence-electron chi connectivity index (χ2n) is 9.80. The molecule has 2 aromatic rings. The second kappa shape index (κ2) is 17.3. The molecule has 1 aliphatic rings. The van der Waals surface area contributed by atoms with Gasteiger partial charge in [0.05, 0.1) is 26.4 Å². The van der Waals surface area contributed by atoms with Crippen LogP contribution in [0.4, 0.5) is 17.8 Å². The fourth-order valence-corrected chi connectivity index (χ4v) is 4.24. The predicted molar refractivity (Wildman–Crippen MR) is 155 cm³/mol. The van der Waals surface area contributed by atoms with Crippen LogP contribution in [0.3, 0.4) is 0 Å². The van der Waals surface area contributed by atoms with Gasteiger partial charge in [-0.05, 0) is 42.4 Å². The lowest BCUT2D eigenvalue weighted by atomic mass is 9.83. The third-order valence-corrected chi connectivity index (χ3v) is 6.56. The summed E-state index contributed by atoms with van der Waals surface area (Å²) in [6.07, 6.45) is 6.79. The molecule has 0 atom stereocenters. The minimum Gasteiger partial charge on any atom is -0.378 e. The first-order chi connectivity index (χ1) is 19.1. The highest BCUT2D eigenvalue weighted by atomic mass is 16.5. The van der Waals surface area contributed by atoms with Crippen molar-refractivity contribution in [2.45, 2.75) is 39.2 Å². The Morgan fingerprint density at radius 1 is 0.949 bits per heavy atom. The zero-order chi connectivity index (χ0) is 27.7. The Kier molecular flexibility index (Phi) is 13.5. The standard InChI is InChI=1S/C28H44N8O3/c1-3-13-31-26-34-27(32-19-22-6-4-21(2)5-7-22)36-28(35-26)33-20-23-8-10-24(11-9-23)25(37)30-14-16-39-18-17-38-15-12-29/h3,8-11,21-22H,1,4-7,12-20,29H2,2H3,(H,30,37)(H3,31,32,33,34,35,36). The van der Waals surface area contributed by atoms with Crippen molar-refractivity contribution in [1.29, 1.82) is 0 Å². The lowest BCUT2D eigenvalue weighted by molar-refractivity contribution is 0.0511. The van der Waals surface area contributed by atoms with Gasteiger partial charge >= 0.3 is 0 Å². The minimum atomic E-state index is -0.143. The summed E-state index contributed by atoms with van der Waals surface area (Å²) in [5.74, 6) is 2.85. The molecule has 1 aliphatic carbocycles. The predicted octanol–water partition coefficient (Wildman–Crippen LogP) is 3.04. The summed E-state index contributed by atoms with van der Waals surface area (Å²) >= 11 is 0. The maximum absolute atomic E-state index is 12.4. The van der Waals surface area contributed by atoms with E-state index in [0.717, 1.165) is 18.0 Å². The molecule has 1 aromatic carbocycles. The number of anilines is 3. The molecule has 39 heavy (non-hydrogen) atoms. The van der Waals surface area contributed by atoms with Crippen molar-refractivity contribution in [3.63, 3.8) is 0 Å². The maximum Gasteiger partial charge on any atom is 0.251 e. The van der Waals surface area contributed by atoms with Crippen molar-refractivity contribution in [3.8, 4) is 0 Å². The van der Waals surface area contributed by atoms with E-state index < -0.39 is 0 Å². The van der Waals surface area contributed by atoms with Crippen molar-refractivity contribution in [3.05, 3.63) is 48.0 Å². The Labute approximate surface area is 231 Å². The van der Waals surface area contributed by atoms with E-state index in [0.29, 0.717) is 81.9 Å². The van der Waals surface area contributed by atoms with E-state index in [2.05, 4.69) is 49.7 Å². The number of ether oxygens (including phenoxy) is 2. The fourth-order valence-electron chi connectivity index (χ4n) is 4.24. The molecule has 0 radical (unpaired) electrons. The molecule has 0 unspecified atom stereocenters. The first kappa shape index (κ1) is 30.3. The molecule has 1 saturated carbocycles. The van der Waals surface area contributed by atoms with Gasteiger partial charge in [-0.2, -0.15) is 15.0 Å². The number of nitrogens with one attached hydrogen (secondary N) is 4. The van der Waals surface area contributed by atoms with Crippen LogP contribution in [-0.2, 0) is 16.0 Å². The van der Waals surface area contributed by atoms with Crippen LogP contribution in [0.15, 0.2) is 36.9 Å². The molecule has 11 nitrogen and oxygen atoms in total. The molecule has 0 aliphatic heterocycles. The minimum absolute atomic E-state index is 0.143. The SMILES string of the molecule is C=CCNc1nc(NCc2ccc(C(=O)NCCOCCOCCN)cc2)nc(NCC2CCC(C)CC2)n1. The highest BCUT2D eigenvalue weighted by molar-refractivity contribution is 5.94. The average Bonchev–Trinajstić information content (AvgIpc) is 2.96. The maximum atomic E-state index is 12.4. The molecule has 1 fully saturated rings. The quantitative estimate of drug-likeness (QED) is 0.141. The second-order valence-corrected chi connectivity index (χ2v) is 9.80. The van der Waals surface area contributed by atoms with Gasteiger partial charge in [-0.15, -0.1) is 6.58 Å². The highest BCUT2D eigenvalue weighted by Gasteiger charge is 2.18. The lowest BCUT2D eigenvalue weighted by Gasteiger charge is -2.26. The number of hydrogen-bond acceptors (Lipinski definition) is 10. The number of rotatable bonds is 18. The highest BCUT2D eigenvalue weighted by Crippen LogP contribution is 2.28. The zero-order valence-electron chi connectivity index (χ0n) is 23.1. The van der Waals surface area contributed by atoms with Crippen molar-refractivity contribution >= 4 is 23.8 Å².